The van der Waals surface area contributed by atoms with Crippen molar-refractivity contribution in [3.05, 3.63) is 71.8 Å². The first kappa shape index (κ1) is 24.9. The Balaban J connectivity index is 1.98. The van der Waals surface area contributed by atoms with Gasteiger partial charge in [0.15, 0.2) is 0 Å². The molecule has 0 unspecified atom stereocenters. The number of hydrogen-bond acceptors (Lipinski definition) is 4. The van der Waals surface area contributed by atoms with E-state index in [1.54, 1.807) is 19.0 Å². The average molecular weight is 440 g/mol. The van der Waals surface area contributed by atoms with E-state index in [2.05, 4.69) is 5.32 Å². The molecule has 0 fully saturated rings. The Morgan fingerprint density at radius 2 is 1.38 bits per heavy atom. The molecule has 7 nitrogen and oxygen atoms in total. The van der Waals surface area contributed by atoms with Crippen LogP contribution in [0.25, 0.3) is 0 Å². The van der Waals surface area contributed by atoms with E-state index in [0.29, 0.717) is 19.5 Å². The van der Waals surface area contributed by atoms with Crippen LogP contribution in [0.4, 0.5) is 4.79 Å². The fourth-order valence-corrected chi connectivity index (χ4v) is 3.08. The van der Waals surface area contributed by atoms with Gasteiger partial charge < -0.3 is 19.9 Å². The first-order valence-electron chi connectivity index (χ1n) is 10.8. The van der Waals surface area contributed by atoms with Crippen LogP contribution < -0.4 is 5.32 Å². The molecule has 0 aromatic heterocycles. The van der Waals surface area contributed by atoms with E-state index in [1.807, 2.05) is 74.5 Å². The Labute approximate surface area is 190 Å². The van der Waals surface area contributed by atoms with E-state index in [0.717, 1.165) is 11.1 Å². The van der Waals surface area contributed by atoms with Crippen LogP contribution in [0, 0.1) is 5.92 Å². The van der Waals surface area contributed by atoms with Gasteiger partial charge in [-0.1, -0.05) is 74.5 Å². The van der Waals surface area contributed by atoms with Crippen LogP contribution in [-0.2, 0) is 27.4 Å². The van der Waals surface area contributed by atoms with Gasteiger partial charge in [-0.15, -0.1) is 0 Å². The molecule has 0 radical (unpaired) electrons. The fourth-order valence-electron chi connectivity index (χ4n) is 3.08. The summed E-state index contributed by atoms with van der Waals surface area (Å²) in [5, 5.41) is 2.79. The van der Waals surface area contributed by atoms with E-state index in [4.69, 9.17) is 4.74 Å². The Morgan fingerprint density at radius 1 is 0.844 bits per heavy atom. The molecule has 172 valence electrons. The van der Waals surface area contributed by atoms with Gasteiger partial charge in [-0.25, -0.2) is 9.59 Å². The number of benzene rings is 2. The highest BCUT2D eigenvalue weighted by Crippen LogP contribution is 2.08. The van der Waals surface area contributed by atoms with E-state index in [-0.39, 0.29) is 18.4 Å². The largest absolute Gasteiger partial charge is 0.459 e. The molecule has 0 bridgehead atoms. The highest BCUT2D eigenvalue weighted by molar-refractivity contribution is 5.84. The summed E-state index contributed by atoms with van der Waals surface area (Å²) in [4.78, 5) is 40.6. The summed E-state index contributed by atoms with van der Waals surface area (Å²) in [6, 6.07) is 17.7. The maximum absolute atomic E-state index is 12.8. The normalized spacial score (nSPS) is 11.5. The second kappa shape index (κ2) is 12.5. The second-order valence-corrected chi connectivity index (χ2v) is 8.12. The zero-order chi connectivity index (χ0) is 23.5. The van der Waals surface area contributed by atoms with Gasteiger partial charge in [-0.3, -0.25) is 4.79 Å². The van der Waals surface area contributed by atoms with Gasteiger partial charge >= 0.3 is 12.0 Å². The molecular weight excluding hydrogens is 406 g/mol. The predicted molar refractivity (Wildman–Crippen MR) is 124 cm³/mol. The molecule has 0 spiro atoms. The number of hydrogen-bond donors (Lipinski definition) is 1. The number of nitrogens with zero attached hydrogens (tertiary/aromatic N) is 2. The minimum atomic E-state index is -0.828. The summed E-state index contributed by atoms with van der Waals surface area (Å²) in [6.07, 6.45) is 0.319. The maximum atomic E-state index is 12.8. The number of likely N-dealkylation sites (N-methyl/N-ethyl adjacent to an activating group) is 2. The molecule has 2 rings (SSSR count). The molecule has 3 amide bonds. The van der Waals surface area contributed by atoms with Crippen LogP contribution in [0.2, 0.25) is 0 Å². The smallest absolute Gasteiger partial charge is 0.329 e. The highest BCUT2D eigenvalue weighted by atomic mass is 16.5. The topological polar surface area (TPSA) is 79.0 Å². The minimum Gasteiger partial charge on any atom is -0.459 e. The number of rotatable bonds is 10. The summed E-state index contributed by atoms with van der Waals surface area (Å²) in [6.45, 7) is 4.56. The van der Waals surface area contributed by atoms with Crippen LogP contribution in [0.3, 0.4) is 0 Å². The van der Waals surface area contributed by atoms with Crippen molar-refractivity contribution in [2.24, 2.45) is 5.92 Å². The molecule has 2 aromatic rings. The minimum absolute atomic E-state index is 0.0188. The van der Waals surface area contributed by atoms with Crippen molar-refractivity contribution >= 4 is 17.9 Å². The van der Waals surface area contributed by atoms with Gasteiger partial charge in [0, 0.05) is 39.5 Å². The predicted octanol–water partition coefficient (Wildman–Crippen LogP) is 3.10. The maximum Gasteiger partial charge on any atom is 0.329 e. The first-order chi connectivity index (χ1) is 15.3. The Kier molecular flexibility index (Phi) is 9.73. The third-order valence-electron chi connectivity index (χ3n) is 5.08. The SMILES string of the molecule is CC(C)C(=O)N(C)CCN(C)C(=O)N[C@@H](Cc1ccccc1)C(=O)OCc1ccccc1. The number of carbonyl (C=O) groups is 3. The lowest BCUT2D eigenvalue weighted by Gasteiger charge is -2.25. The lowest BCUT2D eigenvalue weighted by molar-refractivity contribution is -0.147. The van der Waals surface area contributed by atoms with Gasteiger partial charge in [0.25, 0.3) is 0 Å². The van der Waals surface area contributed by atoms with E-state index in [1.165, 1.54) is 4.90 Å². The van der Waals surface area contributed by atoms with Crippen molar-refractivity contribution in [1.82, 2.24) is 15.1 Å². The molecule has 0 aliphatic rings. The van der Waals surface area contributed by atoms with E-state index < -0.39 is 18.0 Å². The molecule has 32 heavy (non-hydrogen) atoms. The van der Waals surface area contributed by atoms with Crippen LogP contribution in [0.1, 0.15) is 25.0 Å². The number of carbonyl (C=O) groups excluding carboxylic acids is 3. The molecule has 1 N–H and O–H groups in total. The zero-order valence-electron chi connectivity index (χ0n) is 19.3. The Hall–Kier alpha value is -3.35. The van der Waals surface area contributed by atoms with Gasteiger partial charge in [-0.05, 0) is 11.1 Å². The molecule has 0 saturated carbocycles. The molecule has 0 saturated heterocycles. The first-order valence-corrected chi connectivity index (χ1v) is 10.8. The lowest BCUT2D eigenvalue weighted by atomic mass is 10.1. The monoisotopic (exact) mass is 439 g/mol. The van der Waals surface area contributed by atoms with Gasteiger partial charge in [0.1, 0.15) is 12.6 Å². The van der Waals surface area contributed by atoms with Gasteiger partial charge in [0.05, 0.1) is 0 Å². The number of esters is 1. The summed E-state index contributed by atoms with van der Waals surface area (Å²) < 4.78 is 5.47. The average Bonchev–Trinajstić information content (AvgIpc) is 2.80. The van der Waals surface area contributed by atoms with Crippen molar-refractivity contribution in [1.29, 1.82) is 0 Å². The molecule has 2 aromatic carbocycles. The van der Waals surface area contributed by atoms with Crippen LogP contribution in [0.15, 0.2) is 60.7 Å². The summed E-state index contributed by atoms with van der Waals surface area (Å²) in [7, 11) is 3.35. The van der Waals surface area contributed by atoms with Crippen molar-refractivity contribution in [2.45, 2.75) is 32.9 Å². The molecule has 7 heteroatoms. The van der Waals surface area contributed by atoms with Crippen LogP contribution in [0.5, 0.6) is 0 Å². The van der Waals surface area contributed by atoms with Crippen molar-refractivity contribution in [3.63, 3.8) is 0 Å². The highest BCUT2D eigenvalue weighted by Gasteiger charge is 2.25. The quantitative estimate of drug-likeness (QED) is 0.577. The molecule has 0 aliphatic heterocycles. The number of amides is 3. The third-order valence-corrected chi connectivity index (χ3v) is 5.08. The number of nitrogens with one attached hydrogen (secondary N) is 1. The van der Waals surface area contributed by atoms with Gasteiger partial charge in [0.2, 0.25) is 5.91 Å². The lowest BCUT2D eigenvalue weighted by Crippen LogP contribution is -2.49. The third kappa shape index (κ3) is 8.06. The van der Waals surface area contributed by atoms with E-state index in [9.17, 15) is 14.4 Å². The standard InChI is InChI=1S/C25H33N3O4/c1-19(2)23(29)27(3)15-16-28(4)25(31)26-22(17-20-11-7-5-8-12-20)24(30)32-18-21-13-9-6-10-14-21/h5-14,19,22H,15-18H2,1-4H3,(H,26,31)/t22-/m0/s1. The Bertz CT molecular complexity index is 871. The zero-order valence-corrected chi connectivity index (χ0v) is 19.3. The molecule has 1 atom stereocenters. The molecule has 0 aliphatic carbocycles. The number of urea groups is 1. The van der Waals surface area contributed by atoms with Crippen molar-refractivity contribution in [3.8, 4) is 0 Å². The number of ether oxygens (including phenoxy) is 1. The summed E-state index contributed by atoms with van der Waals surface area (Å²) in [5.74, 6) is -0.578. The van der Waals surface area contributed by atoms with E-state index >= 15 is 0 Å². The molecule has 0 heterocycles. The summed E-state index contributed by atoms with van der Waals surface area (Å²) in [5.41, 5.74) is 1.79. The van der Waals surface area contributed by atoms with Crippen LogP contribution >= 0.6 is 0 Å². The molecular formula is C25H33N3O4. The Morgan fingerprint density at radius 3 is 1.94 bits per heavy atom. The van der Waals surface area contributed by atoms with Crippen molar-refractivity contribution in [2.75, 3.05) is 27.2 Å². The fraction of sp³-hybridized carbons (Fsp3) is 0.400. The second-order valence-electron chi connectivity index (χ2n) is 8.12. The van der Waals surface area contributed by atoms with Crippen molar-refractivity contribution < 1.29 is 19.1 Å². The van der Waals surface area contributed by atoms with Gasteiger partial charge in [-0.2, -0.15) is 0 Å². The summed E-state index contributed by atoms with van der Waals surface area (Å²) >= 11 is 0. The van der Waals surface area contributed by atoms with Crippen LogP contribution in [-0.4, -0.2) is 60.9 Å².